The second kappa shape index (κ2) is 7.26. The summed E-state index contributed by atoms with van der Waals surface area (Å²) in [6, 6.07) is 4.85. The zero-order chi connectivity index (χ0) is 15.2. The highest BCUT2D eigenvalue weighted by molar-refractivity contribution is 5.56. The predicted molar refractivity (Wildman–Crippen MR) is 82.9 cm³/mol. The van der Waals surface area contributed by atoms with Crippen molar-refractivity contribution in [3.05, 3.63) is 28.3 Å². The van der Waals surface area contributed by atoms with Crippen LogP contribution in [0.5, 0.6) is 5.75 Å². The van der Waals surface area contributed by atoms with Crippen molar-refractivity contribution in [2.75, 3.05) is 25.0 Å². The third-order valence-electron chi connectivity index (χ3n) is 3.47. The molecule has 6 heteroatoms. The lowest BCUT2D eigenvalue weighted by Crippen LogP contribution is -2.33. The first-order chi connectivity index (χ1) is 10.0. The van der Waals surface area contributed by atoms with Gasteiger partial charge in [0.15, 0.2) is 0 Å². The van der Waals surface area contributed by atoms with E-state index < -0.39 is 0 Å². The van der Waals surface area contributed by atoms with Gasteiger partial charge in [-0.15, -0.1) is 0 Å². The highest BCUT2D eigenvalue weighted by atomic mass is 16.6. The largest absolute Gasteiger partial charge is 0.491 e. The number of nitro groups is 1. The summed E-state index contributed by atoms with van der Waals surface area (Å²) in [5.41, 5.74) is 0.794. The van der Waals surface area contributed by atoms with Crippen LogP contribution in [0.1, 0.15) is 26.7 Å². The molecule has 6 nitrogen and oxygen atoms in total. The second-order valence-corrected chi connectivity index (χ2v) is 5.73. The predicted octanol–water partition coefficient (Wildman–Crippen LogP) is 2.79. The quantitative estimate of drug-likeness (QED) is 0.623. The van der Waals surface area contributed by atoms with Crippen molar-refractivity contribution in [2.45, 2.75) is 32.8 Å². The van der Waals surface area contributed by atoms with Gasteiger partial charge in [0.2, 0.25) is 0 Å². The molecule has 0 saturated carbocycles. The molecule has 21 heavy (non-hydrogen) atoms. The highest BCUT2D eigenvalue weighted by Crippen LogP contribution is 2.27. The molecular weight excluding hydrogens is 270 g/mol. The normalized spacial score (nSPS) is 18.5. The number of anilines is 1. The summed E-state index contributed by atoms with van der Waals surface area (Å²) >= 11 is 0. The summed E-state index contributed by atoms with van der Waals surface area (Å²) in [7, 11) is 0. The SMILES string of the molecule is CC(C)Oc1cc(NCC2CCCNC2)cc([N+](=O)[O-])c1. The Morgan fingerprint density at radius 1 is 1.48 bits per heavy atom. The van der Waals surface area contributed by atoms with E-state index in [1.165, 1.54) is 18.9 Å². The van der Waals surface area contributed by atoms with E-state index in [0.717, 1.165) is 25.3 Å². The number of hydrogen-bond donors (Lipinski definition) is 2. The maximum atomic E-state index is 11.0. The van der Waals surface area contributed by atoms with E-state index in [-0.39, 0.29) is 16.7 Å². The van der Waals surface area contributed by atoms with Gasteiger partial charge in [-0.3, -0.25) is 10.1 Å². The Hall–Kier alpha value is -1.82. The lowest BCUT2D eigenvalue weighted by Gasteiger charge is -2.23. The monoisotopic (exact) mass is 293 g/mol. The minimum atomic E-state index is -0.388. The van der Waals surface area contributed by atoms with Gasteiger partial charge in [0.25, 0.3) is 5.69 Å². The molecule has 0 radical (unpaired) electrons. The Morgan fingerprint density at radius 2 is 2.29 bits per heavy atom. The van der Waals surface area contributed by atoms with E-state index in [1.807, 2.05) is 19.9 Å². The molecule has 1 aromatic carbocycles. The molecule has 1 aliphatic rings. The molecule has 2 N–H and O–H groups in total. The van der Waals surface area contributed by atoms with Crippen LogP contribution in [0.2, 0.25) is 0 Å². The molecule has 1 unspecified atom stereocenters. The zero-order valence-electron chi connectivity index (χ0n) is 12.6. The van der Waals surface area contributed by atoms with Gasteiger partial charge in [-0.05, 0) is 45.7 Å². The summed E-state index contributed by atoms with van der Waals surface area (Å²) in [6.07, 6.45) is 2.36. The maximum absolute atomic E-state index is 11.0. The van der Waals surface area contributed by atoms with E-state index in [1.54, 1.807) is 6.07 Å². The maximum Gasteiger partial charge on any atom is 0.275 e. The number of rotatable bonds is 6. The molecule has 1 heterocycles. The topological polar surface area (TPSA) is 76.4 Å². The molecule has 2 rings (SSSR count). The average molecular weight is 293 g/mol. The van der Waals surface area contributed by atoms with E-state index in [9.17, 15) is 10.1 Å². The Kier molecular flexibility index (Phi) is 5.38. The highest BCUT2D eigenvalue weighted by Gasteiger charge is 2.15. The van der Waals surface area contributed by atoms with E-state index in [0.29, 0.717) is 11.7 Å². The fourth-order valence-electron chi connectivity index (χ4n) is 2.49. The number of nitrogens with one attached hydrogen (secondary N) is 2. The molecule has 0 bridgehead atoms. The van der Waals surface area contributed by atoms with Crippen molar-refractivity contribution in [1.29, 1.82) is 0 Å². The minimum absolute atomic E-state index is 0.0117. The molecule has 116 valence electrons. The molecule has 1 saturated heterocycles. The number of non-ortho nitro benzene ring substituents is 1. The average Bonchev–Trinajstić information content (AvgIpc) is 2.45. The van der Waals surface area contributed by atoms with Crippen LogP contribution < -0.4 is 15.4 Å². The molecule has 0 aromatic heterocycles. The third-order valence-corrected chi connectivity index (χ3v) is 3.47. The first kappa shape index (κ1) is 15.6. The van der Waals surface area contributed by atoms with Crippen LogP contribution in [0.25, 0.3) is 0 Å². The molecule has 1 aliphatic heterocycles. The lowest BCUT2D eigenvalue weighted by molar-refractivity contribution is -0.384. The smallest absolute Gasteiger partial charge is 0.275 e. The molecule has 1 fully saturated rings. The Balaban J connectivity index is 2.05. The summed E-state index contributed by atoms with van der Waals surface area (Å²) in [5, 5.41) is 17.7. The third kappa shape index (κ3) is 4.90. The first-order valence-corrected chi connectivity index (χ1v) is 7.45. The van der Waals surface area contributed by atoms with Crippen molar-refractivity contribution < 1.29 is 9.66 Å². The van der Waals surface area contributed by atoms with Gasteiger partial charge in [0.1, 0.15) is 5.75 Å². The van der Waals surface area contributed by atoms with Crippen molar-refractivity contribution >= 4 is 11.4 Å². The molecule has 1 atom stereocenters. The van der Waals surface area contributed by atoms with Crippen molar-refractivity contribution in [1.82, 2.24) is 5.32 Å². The number of nitrogens with zero attached hydrogens (tertiary/aromatic N) is 1. The number of nitro benzene ring substituents is 1. The van der Waals surface area contributed by atoms with Gasteiger partial charge < -0.3 is 15.4 Å². The summed E-state index contributed by atoms with van der Waals surface area (Å²) in [6.45, 7) is 6.70. The standard InChI is InChI=1S/C15H23N3O3/c1-11(2)21-15-7-13(6-14(8-15)18(19)20)17-10-12-4-3-5-16-9-12/h6-8,11-12,16-17H,3-5,9-10H2,1-2H3. The van der Waals surface area contributed by atoms with Crippen LogP contribution in [-0.4, -0.2) is 30.7 Å². The Bertz CT molecular complexity index is 485. The summed E-state index contributed by atoms with van der Waals surface area (Å²) < 4.78 is 5.58. The van der Waals surface area contributed by atoms with Gasteiger partial charge in [0.05, 0.1) is 17.1 Å². The van der Waals surface area contributed by atoms with Crippen LogP contribution in [0.15, 0.2) is 18.2 Å². The van der Waals surface area contributed by atoms with E-state index in [4.69, 9.17) is 4.74 Å². The molecule has 1 aromatic rings. The minimum Gasteiger partial charge on any atom is -0.491 e. The molecule has 0 spiro atoms. The lowest BCUT2D eigenvalue weighted by atomic mass is 10.00. The fourth-order valence-corrected chi connectivity index (χ4v) is 2.49. The van der Waals surface area contributed by atoms with Gasteiger partial charge in [0, 0.05) is 24.4 Å². The van der Waals surface area contributed by atoms with Crippen LogP contribution >= 0.6 is 0 Å². The van der Waals surface area contributed by atoms with Crippen molar-refractivity contribution in [2.24, 2.45) is 5.92 Å². The summed E-state index contributed by atoms with van der Waals surface area (Å²) in [5.74, 6) is 1.09. The number of piperidine rings is 1. The Morgan fingerprint density at radius 3 is 2.90 bits per heavy atom. The van der Waals surface area contributed by atoms with E-state index in [2.05, 4.69) is 10.6 Å². The number of hydrogen-bond acceptors (Lipinski definition) is 5. The first-order valence-electron chi connectivity index (χ1n) is 7.45. The number of benzene rings is 1. The van der Waals surface area contributed by atoms with E-state index >= 15 is 0 Å². The van der Waals surface area contributed by atoms with Crippen LogP contribution in [0.3, 0.4) is 0 Å². The van der Waals surface area contributed by atoms with Crippen LogP contribution in [-0.2, 0) is 0 Å². The van der Waals surface area contributed by atoms with Gasteiger partial charge in [-0.25, -0.2) is 0 Å². The molecular formula is C15H23N3O3. The van der Waals surface area contributed by atoms with Crippen LogP contribution in [0, 0.1) is 16.0 Å². The zero-order valence-corrected chi connectivity index (χ0v) is 12.6. The summed E-state index contributed by atoms with van der Waals surface area (Å²) in [4.78, 5) is 10.6. The number of ether oxygens (including phenoxy) is 1. The fraction of sp³-hybridized carbons (Fsp3) is 0.600. The van der Waals surface area contributed by atoms with Gasteiger partial charge >= 0.3 is 0 Å². The second-order valence-electron chi connectivity index (χ2n) is 5.73. The Labute approximate surface area is 125 Å². The van der Waals surface area contributed by atoms with Gasteiger partial charge in [-0.2, -0.15) is 0 Å². The van der Waals surface area contributed by atoms with Crippen molar-refractivity contribution in [3.63, 3.8) is 0 Å². The molecule has 0 amide bonds. The molecule has 0 aliphatic carbocycles. The van der Waals surface area contributed by atoms with Crippen molar-refractivity contribution in [3.8, 4) is 5.75 Å². The van der Waals surface area contributed by atoms with Gasteiger partial charge in [-0.1, -0.05) is 0 Å². The van der Waals surface area contributed by atoms with Crippen LogP contribution in [0.4, 0.5) is 11.4 Å².